The van der Waals surface area contributed by atoms with E-state index in [1.807, 2.05) is 0 Å². The van der Waals surface area contributed by atoms with Crippen LogP contribution in [0.4, 0.5) is 0 Å². The molecule has 3 N–H and O–H groups in total. The van der Waals surface area contributed by atoms with Crippen molar-refractivity contribution in [3.8, 4) is 0 Å². The lowest BCUT2D eigenvalue weighted by Gasteiger charge is -2.32. The van der Waals surface area contributed by atoms with Crippen LogP contribution in [-0.2, 0) is 4.79 Å². The SMILES string of the molecule is CCCCCCCCCCNC(=O)C1CCCC(C)C1N. The molecular weight excluding hydrogens is 260 g/mol. The minimum Gasteiger partial charge on any atom is -0.356 e. The van der Waals surface area contributed by atoms with Crippen LogP contribution in [0.15, 0.2) is 0 Å². The van der Waals surface area contributed by atoms with Gasteiger partial charge in [-0.25, -0.2) is 0 Å². The van der Waals surface area contributed by atoms with Crippen LogP contribution in [0.25, 0.3) is 0 Å². The van der Waals surface area contributed by atoms with Crippen molar-refractivity contribution < 1.29 is 4.79 Å². The number of unbranched alkanes of at least 4 members (excludes halogenated alkanes) is 7. The van der Waals surface area contributed by atoms with Gasteiger partial charge in [-0.1, -0.05) is 65.2 Å². The minimum atomic E-state index is 0.0443. The summed E-state index contributed by atoms with van der Waals surface area (Å²) >= 11 is 0. The molecule has 3 nitrogen and oxygen atoms in total. The highest BCUT2D eigenvalue weighted by molar-refractivity contribution is 5.79. The molecule has 0 bridgehead atoms. The van der Waals surface area contributed by atoms with Gasteiger partial charge in [-0.05, 0) is 25.2 Å². The van der Waals surface area contributed by atoms with E-state index in [2.05, 4.69) is 19.2 Å². The number of hydrogen-bond donors (Lipinski definition) is 2. The molecule has 3 heteroatoms. The average molecular weight is 296 g/mol. The van der Waals surface area contributed by atoms with Crippen molar-refractivity contribution in [2.45, 2.75) is 90.5 Å². The maximum absolute atomic E-state index is 12.2. The van der Waals surface area contributed by atoms with Crippen LogP contribution in [0, 0.1) is 11.8 Å². The molecule has 0 radical (unpaired) electrons. The number of carbonyl (C=O) groups excluding carboxylic acids is 1. The van der Waals surface area contributed by atoms with Crippen LogP contribution in [-0.4, -0.2) is 18.5 Å². The summed E-state index contributed by atoms with van der Waals surface area (Å²) in [5.41, 5.74) is 6.17. The van der Waals surface area contributed by atoms with Crippen LogP contribution >= 0.6 is 0 Å². The molecule has 1 aliphatic rings. The van der Waals surface area contributed by atoms with Gasteiger partial charge in [-0.2, -0.15) is 0 Å². The van der Waals surface area contributed by atoms with Crippen molar-refractivity contribution in [3.05, 3.63) is 0 Å². The number of hydrogen-bond acceptors (Lipinski definition) is 2. The first-order chi connectivity index (χ1) is 10.2. The van der Waals surface area contributed by atoms with Crippen molar-refractivity contribution >= 4 is 5.91 Å². The first-order valence-corrected chi connectivity index (χ1v) is 9.20. The Hall–Kier alpha value is -0.570. The molecule has 3 atom stereocenters. The fourth-order valence-electron chi connectivity index (χ4n) is 3.35. The second-order valence-corrected chi connectivity index (χ2v) is 6.86. The smallest absolute Gasteiger partial charge is 0.224 e. The second kappa shape index (κ2) is 11.1. The lowest BCUT2D eigenvalue weighted by atomic mass is 9.78. The van der Waals surface area contributed by atoms with Gasteiger partial charge in [-0.3, -0.25) is 4.79 Å². The summed E-state index contributed by atoms with van der Waals surface area (Å²) in [7, 11) is 0. The highest BCUT2D eigenvalue weighted by Gasteiger charge is 2.32. The van der Waals surface area contributed by atoms with Gasteiger partial charge in [0.1, 0.15) is 0 Å². The fourth-order valence-corrected chi connectivity index (χ4v) is 3.35. The molecule has 0 aliphatic heterocycles. The highest BCUT2D eigenvalue weighted by Crippen LogP contribution is 2.27. The number of nitrogens with one attached hydrogen (secondary N) is 1. The van der Waals surface area contributed by atoms with Gasteiger partial charge < -0.3 is 11.1 Å². The predicted octanol–water partition coefficient (Wildman–Crippen LogP) is 4.01. The zero-order valence-electron chi connectivity index (χ0n) is 14.2. The van der Waals surface area contributed by atoms with Crippen LogP contribution in [0.5, 0.6) is 0 Å². The Morgan fingerprint density at radius 2 is 1.67 bits per heavy atom. The molecule has 1 aliphatic carbocycles. The van der Waals surface area contributed by atoms with Crippen LogP contribution < -0.4 is 11.1 Å². The molecule has 0 aromatic rings. The Morgan fingerprint density at radius 3 is 2.33 bits per heavy atom. The molecule has 1 amide bonds. The van der Waals surface area contributed by atoms with Crippen molar-refractivity contribution in [2.24, 2.45) is 17.6 Å². The predicted molar refractivity (Wildman–Crippen MR) is 90.1 cm³/mol. The fraction of sp³-hybridized carbons (Fsp3) is 0.944. The lowest BCUT2D eigenvalue weighted by molar-refractivity contribution is -0.127. The Bertz CT molecular complexity index is 280. The quantitative estimate of drug-likeness (QED) is 0.599. The second-order valence-electron chi connectivity index (χ2n) is 6.86. The Morgan fingerprint density at radius 1 is 1.05 bits per heavy atom. The number of rotatable bonds is 10. The maximum atomic E-state index is 12.2. The van der Waals surface area contributed by atoms with E-state index in [-0.39, 0.29) is 17.9 Å². The van der Waals surface area contributed by atoms with E-state index >= 15 is 0 Å². The van der Waals surface area contributed by atoms with Crippen LogP contribution in [0.1, 0.15) is 84.5 Å². The third-order valence-electron chi connectivity index (χ3n) is 4.96. The number of nitrogens with two attached hydrogens (primary N) is 1. The number of carbonyl (C=O) groups is 1. The molecule has 0 aromatic carbocycles. The van der Waals surface area contributed by atoms with E-state index in [1.165, 1.54) is 51.4 Å². The van der Waals surface area contributed by atoms with E-state index in [4.69, 9.17) is 5.73 Å². The first-order valence-electron chi connectivity index (χ1n) is 9.20. The van der Waals surface area contributed by atoms with E-state index in [1.54, 1.807) is 0 Å². The van der Waals surface area contributed by atoms with Gasteiger partial charge in [0.15, 0.2) is 0 Å². The minimum absolute atomic E-state index is 0.0443. The topological polar surface area (TPSA) is 55.1 Å². The highest BCUT2D eigenvalue weighted by atomic mass is 16.1. The Kier molecular flexibility index (Phi) is 9.73. The molecule has 0 heterocycles. The third kappa shape index (κ3) is 7.30. The molecule has 3 unspecified atom stereocenters. The van der Waals surface area contributed by atoms with Crippen molar-refractivity contribution in [2.75, 3.05) is 6.54 Å². The zero-order chi connectivity index (χ0) is 15.5. The summed E-state index contributed by atoms with van der Waals surface area (Å²) in [6.45, 7) is 5.25. The van der Waals surface area contributed by atoms with Gasteiger partial charge in [0.05, 0.1) is 5.92 Å². The van der Waals surface area contributed by atoms with Crippen LogP contribution in [0.2, 0.25) is 0 Å². The molecule has 21 heavy (non-hydrogen) atoms. The molecular formula is C18H36N2O. The van der Waals surface area contributed by atoms with Crippen molar-refractivity contribution in [3.63, 3.8) is 0 Å². The van der Waals surface area contributed by atoms with Gasteiger partial charge in [0.2, 0.25) is 5.91 Å². The largest absolute Gasteiger partial charge is 0.356 e. The molecule has 1 rings (SSSR count). The molecule has 0 aromatic heterocycles. The Balaban J connectivity index is 2.00. The van der Waals surface area contributed by atoms with Gasteiger partial charge in [0.25, 0.3) is 0 Å². The summed E-state index contributed by atoms with van der Waals surface area (Å²) in [5.74, 6) is 0.720. The molecule has 0 spiro atoms. The summed E-state index contributed by atoms with van der Waals surface area (Å²) in [4.78, 5) is 12.2. The normalized spacial score (nSPS) is 25.8. The number of amides is 1. The zero-order valence-corrected chi connectivity index (χ0v) is 14.2. The van der Waals surface area contributed by atoms with Crippen LogP contribution in [0.3, 0.4) is 0 Å². The summed E-state index contributed by atoms with van der Waals surface area (Å²) in [6, 6.07) is 0.0531. The first kappa shape index (κ1) is 18.5. The molecule has 1 saturated carbocycles. The van der Waals surface area contributed by atoms with E-state index in [9.17, 15) is 4.79 Å². The summed E-state index contributed by atoms with van der Waals surface area (Å²) in [6.07, 6.45) is 13.7. The summed E-state index contributed by atoms with van der Waals surface area (Å²) < 4.78 is 0. The Labute approximate surface area is 131 Å². The average Bonchev–Trinajstić information content (AvgIpc) is 2.48. The summed E-state index contributed by atoms with van der Waals surface area (Å²) in [5, 5.41) is 3.10. The third-order valence-corrected chi connectivity index (χ3v) is 4.96. The van der Waals surface area contributed by atoms with Crippen molar-refractivity contribution in [1.29, 1.82) is 0 Å². The standard InChI is InChI=1S/C18H36N2O/c1-3-4-5-6-7-8-9-10-14-20-18(21)16-13-11-12-15(2)17(16)19/h15-17H,3-14,19H2,1-2H3,(H,20,21). The van der Waals surface area contributed by atoms with E-state index < -0.39 is 0 Å². The molecule has 124 valence electrons. The molecule has 1 fully saturated rings. The van der Waals surface area contributed by atoms with E-state index in [0.29, 0.717) is 5.92 Å². The lowest BCUT2D eigenvalue weighted by Crippen LogP contribution is -2.47. The van der Waals surface area contributed by atoms with Gasteiger partial charge in [-0.15, -0.1) is 0 Å². The monoisotopic (exact) mass is 296 g/mol. The van der Waals surface area contributed by atoms with Gasteiger partial charge in [0, 0.05) is 12.6 Å². The molecule has 0 saturated heterocycles. The maximum Gasteiger partial charge on any atom is 0.224 e. The van der Waals surface area contributed by atoms with E-state index in [0.717, 1.165) is 25.8 Å². The van der Waals surface area contributed by atoms with Crippen molar-refractivity contribution in [1.82, 2.24) is 5.32 Å². The van der Waals surface area contributed by atoms with Gasteiger partial charge >= 0.3 is 0 Å².